The molecule has 0 amide bonds. The second kappa shape index (κ2) is 5.25. The maximum atomic E-state index is 12.1. The molecule has 0 fully saturated rings. The number of esters is 1. The first kappa shape index (κ1) is 12.5. The quantitative estimate of drug-likeness (QED) is 0.804. The van der Waals surface area contributed by atoms with Gasteiger partial charge in [0.2, 0.25) is 6.79 Å². The molecule has 1 atom stereocenters. The average molecular weight is 270 g/mol. The van der Waals surface area contributed by atoms with Crippen LogP contribution in [-0.4, -0.2) is 19.9 Å². The predicted molar refractivity (Wildman–Crippen MR) is 72.9 cm³/mol. The number of hydrogen-bond acceptors (Lipinski definition) is 4. The fourth-order valence-corrected chi connectivity index (χ4v) is 2.32. The van der Waals surface area contributed by atoms with Crippen molar-refractivity contribution in [2.45, 2.75) is 5.92 Å². The summed E-state index contributed by atoms with van der Waals surface area (Å²) in [6, 6.07) is 15.0. The number of ether oxygens (including phenoxy) is 3. The van der Waals surface area contributed by atoms with E-state index in [4.69, 9.17) is 14.2 Å². The highest BCUT2D eigenvalue weighted by Gasteiger charge is 2.25. The van der Waals surface area contributed by atoms with Gasteiger partial charge in [-0.15, -0.1) is 0 Å². The highest BCUT2D eigenvalue weighted by Crippen LogP contribution is 2.36. The molecular formula is C16H14O4. The van der Waals surface area contributed by atoms with Gasteiger partial charge in [0.15, 0.2) is 11.5 Å². The molecule has 4 nitrogen and oxygen atoms in total. The smallest absolute Gasteiger partial charge is 0.317 e. The molecule has 0 aliphatic carbocycles. The van der Waals surface area contributed by atoms with Gasteiger partial charge in [-0.3, -0.25) is 4.79 Å². The number of carbonyl (C=O) groups excluding carboxylic acids is 1. The fraction of sp³-hybridized carbons (Fsp3) is 0.188. The molecule has 0 N–H and O–H groups in total. The topological polar surface area (TPSA) is 44.8 Å². The van der Waals surface area contributed by atoms with Crippen molar-refractivity contribution in [2.24, 2.45) is 0 Å². The fourth-order valence-electron chi connectivity index (χ4n) is 2.32. The van der Waals surface area contributed by atoms with Crippen LogP contribution in [0.5, 0.6) is 11.5 Å². The van der Waals surface area contributed by atoms with Gasteiger partial charge in [-0.2, -0.15) is 0 Å². The van der Waals surface area contributed by atoms with E-state index in [-0.39, 0.29) is 12.8 Å². The van der Waals surface area contributed by atoms with E-state index in [9.17, 15) is 4.79 Å². The Labute approximate surface area is 116 Å². The minimum Gasteiger partial charge on any atom is -0.468 e. The van der Waals surface area contributed by atoms with Crippen LogP contribution in [0.25, 0.3) is 0 Å². The van der Waals surface area contributed by atoms with E-state index in [2.05, 4.69) is 0 Å². The van der Waals surface area contributed by atoms with Crippen LogP contribution in [0.2, 0.25) is 0 Å². The summed E-state index contributed by atoms with van der Waals surface area (Å²) in [5, 5.41) is 0. The van der Waals surface area contributed by atoms with Gasteiger partial charge in [0.05, 0.1) is 7.11 Å². The van der Waals surface area contributed by atoms with E-state index < -0.39 is 5.92 Å². The molecule has 0 radical (unpaired) electrons. The average Bonchev–Trinajstić information content (AvgIpc) is 2.96. The van der Waals surface area contributed by atoms with Crippen LogP contribution in [0.1, 0.15) is 17.0 Å². The molecule has 4 heteroatoms. The molecule has 0 bridgehead atoms. The van der Waals surface area contributed by atoms with E-state index in [0.29, 0.717) is 11.5 Å². The van der Waals surface area contributed by atoms with Crippen LogP contribution in [-0.2, 0) is 9.53 Å². The van der Waals surface area contributed by atoms with E-state index in [1.807, 2.05) is 48.5 Å². The van der Waals surface area contributed by atoms with Gasteiger partial charge < -0.3 is 14.2 Å². The normalized spacial score (nSPS) is 13.8. The van der Waals surface area contributed by atoms with Crippen molar-refractivity contribution in [1.29, 1.82) is 0 Å². The zero-order chi connectivity index (χ0) is 13.9. The first-order chi connectivity index (χ1) is 9.79. The third-order valence-electron chi connectivity index (χ3n) is 3.30. The van der Waals surface area contributed by atoms with Gasteiger partial charge in [-0.05, 0) is 23.3 Å². The molecule has 0 spiro atoms. The second-order valence-electron chi connectivity index (χ2n) is 4.48. The highest BCUT2D eigenvalue weighted by atomic mass is 16.7. The lowest BCUT2D eigenvalue weighted by Gasteiger charge is -2.15. The Morgan fingerprint density at radius 1 is 1.05 bits per heavy atom. The van der Waals surface area contributed by atoms with E-state index >= 15 is 0 Å². The third kappa shape index (κ3) is 2.20. The molecule has 0 aromatic heterocycles. The first-order valence-electron chi connectivity index (χ1n) is 6.32. The van der Waals surface area contributed by atoms with Gasteiger partial charge >= 0.3 is 5.97 Å². The molecule has 1 aliphatic heterocycles. The van der Waals surface area contributed by atoms with Crippen molar-refractivity contribution in [3.8, 4) is 11.5 Å². The summed E-state index contributed by atoms with van der Waals surface area (Å²) in [6.45, 7) is 0.215. The van der Waals surface area contributed by atoms with Crippen molar-refractivity contribution in [1.82, 2.24) is 0 Å². The third-order valence-corrected chi connectivity index (χ3v) is 3.30. The summed E-state index contributed by atoms with van der Waals surface area (Å²) in [5.41, 5.74) is 1.71. The van der Waals surface area contributed by atoms with Crippen LogP contribution in [0.4, 0.5) is 0 Å². The van der Waals surface area contributed by atoms with Crippen molar-refractivity contribution in [2.75, 3.05) is 13.9 Å². The summed E-state index contributed by atoms with van der Waals surface area (Å²) in [7, 11) is 1.39. The van der Waals surface area contributed by atoms with Gasteiger partial charge in [0.25, 0.3) is 0 Å². The number of methoxy groups -OCH3 is 1. The Morgan fingerprint density at radius 3 is 2.55 bits per heavy atom. The van der Waals surface area contributed by atoms with Crippen LogP contribution in [0.3, 0.4) is 0 Å². The lowest BCUT2D eigenvalue weighted by molar-refractivity contribution is -0.141. The van der Waals surface area contributed by atoms with Gasteiger partial charge in [0, 0.05) is 0 Å². The molecule has 102 valence electrons. The minimum absolute atomic E-state index is 0.215. The Kier molecular flexibility index (Phi) is 3.29. The predicted octanol–water partition coefficient (Wildman–Crippen LogP) is 2.72. The summed E-state index contributed by atoms with van der Waals surface area (Å²) in [5.74, 6) is 0.600. The monoisotopic (exact) mass is 270 g/mol. The summed E-state index contributed by atoms with van der Waals surface area (Å²) >= 11 is 0. The first-order valence-corrected chi connectivity index (χ1v) is 6.32. The summed E-state index contributed by atoms with van der Waals surface area (Å²) < 4.78 is 15.6. The van der Waals surface area contributed by atoms with E-state index in [0.717, 1.165) is 11.1 Å². The molecule has 0 saturated carbocycles. The Morgan fingerprint density at radius 2 is 1.80 bits per heavy atom. The van der Waals surface area contributed by atoms with Gasteiger partial charge in [0.1, 0.15) is 5.92 Å². The zero-order valence-corrected chi connectivity index (χ0v) is 11.0. The van der Waals surface area contributed by atoms with Crippen molar-refractivity contribution < 1.29 is 19.0 Å². The SMILES string of the molecule is COC(=O)C(c1ccccc1)c1ccc2c(c1)OCO2. The van der Waals surface area contributed by atoms with Crippen LogP contribution < -0.4 is 9.47 Å². The molecule has 20 heavy (non-hydrogen) atoms. The minimum atomic E-state index is -0.462. The van der Waals surface area contributed by atoms with E-state index in [1.165, 1.54) is 7.11 Å². The molecule has 0 saturated heterocycles. The molecular weight excluding hydrogens is 256 g/mol. The van der Waals surface area contributed by atoms with Crippen molar-refractivity contribution in [3.05, 3.63) is 59.7 Å². The summed E-state index contributed by atoms with van der Waals surface area (Å²) in [6.07, 6.45) is 0. The lowest BCUT2D eigenvalue weighted by Crippen LogP contribution is -2.15. The zero-order valence-electron chi connectivity index (χ0n) is 11.0. The molecule has 1 aliphatic rings. The number of rotatable bonds is 3. The van der Waals surface area contributed by atoms with Crippen LogP contribution >= 0.6 is 0 Å². The molecule has 1 heterocycles. The number of fused-ring (bicyclic) bond motifs is 1. The molecule has 1 unspecified atom stereocenters. The second-order valence-corrected chi connectivity index (χ2v) is 4.48. The Balaban J connectivity index is 2.04. The maximum Gasteiger partial charge on any atom is 0.317 e. The Hall–Kier alpha value is -2.49. The van der Waals surface area contributed by atoms with Gasteiger partial charge in [-0.1, -0.05) is 36.4 Å². The lowest BCUT2D eigenvalue weighted by atomic mass is 9.91. The van der Waals surface area contributed by atoms with Crippen LogP contribution in [0, 0.1) is 0 Å². The van der Waals surface area contributed by atoms with Crippen molar-refractivity contribution in [3.63, 3.8) is 0 Å². The largest absolute Gasteiger partial charge is 0.468 e. The molecule has 3 rings (SSSR count). The molecule has 2 aromatic rings. The van der Waals surface area contributed by atoms with Crippen molar-refractivity contribution >= 4 is 5.97 Å². The van der Waals surface area contributed by atoms with E-state index in [1.54, 1.807) is 0 Å². The number of carbonyl (C=O) groups is 1. The highest BCUT2D eigenvalue weighted by molar-refractivity contribution is 5.82. The summed E-state index contributed by atoms with van der Waals surface area (Å²) in [4.78, 5) is 12.1. The van der Waals surface area contributed by atoms with Crippen LogP contribution in [0.15, 0.2) is 48.5 Å². The maximum absolute atomic E-state index is 12.1. The van der Waals surface area contributed by atoms with Gasteiger partial charge in [-0.25, -0.2) is 0 Å². The number of hydrogen-bond donors (Lipinski definition) is 0. The molecule has 2 aromatic carbocycles. The standard InChI is InChI=1S/C16H14O4/c1-18-16(17)15(11-5-3-2-4-6-11)12-7-8-13-14(9-12)20-10-19-13/h2-9,15H,10H2,1H3. The Bertz CT molecular complexity index is 622. The number of benzene rings is 2.